The maximum absolute atomic E-state index is 12.8. The summed E-state index contributed by atoms with van der Waals surface area (Å²) in [5.74, 6) is 0.181. The van der Waals surface area contributed by atoms with Crippen LogP contribution in [0.1, 0.15) is 6.92 Å². The van der Waals surface area contributed by atoms with Crippen LogP contribution in [-0.2, 0) is 14.8 Å². The van der Waals surface area contributed by atoms with Gasteiger partial charge in [-0.1, -0.05) is 13.0 Å². The van der Waals surface area contributed by atoms with E-state index in [4.69, 9.17) is 4.74 Å². The Morgan fingerprint density at radius 2 is 1.88 bits per heavy atom. The first kappa shape index (κ1) is 20.3. The van der Waals surface area contributed by atoms with E-state index in [0.29, 0.717) is 11.4 Å². The number of likely N-dealkylation sites (N-methyl/N-ethyl adjacent to an activating group) is 1. The third kappa shape index (κ3) is 5.00. The monoisotopic (exact) mass is 394 g/mol. The number of methoxy groups -OCH3 is 1. The molecule has 1 N–H and O–H groups in total. The van der Waals surface area contributed by atoms with Gasteiger partial charge in [-0.25, -0.2) is 8.42 Å². The number of benzene rings is 2. The minimum absolute atomic E-state index is 0.123. The maximum Gasteiger partial charge on any atom is 0.243 e. The summed E-state index contributed by atoms with van der Waals surface area (Å²) in [7, 11) is -2.25. The molecule has 1 amide bonds. The summed E-state index contributed by atoms with van der Waals surface area (Å²) < 4.78 is 31.7. The van der Waals surface area contributed by atoms with Gasteiger partial charge in [-0.2, -0.15) is 4.31 Å². The molecule has 0 fully saturated rings. The number of hydrogen-bond acceptors (Lipinski definition) is 5. The molecule has 2 aromatic rings. The van der Waals surface area contributed by atoms with Crippen LogP contribution >= 0.6 is 11.8 Å². The van der Waals surface area contributed by atoms with E-state index in [1.165, 1.54) is 19.2 Å². The van der Waals surface area contributed by atoms with Crippen molar-refractivity contribution in [1.29, 1.82) is 0 Å². The van der Waals surface area contributed by atoms with Crippen LogP contribution in [0, 0.1) is 0 Å². The molecule has 0 bridgehead atoms. The number of amides is 1. The minimum atomic E-state index is -3.76. The lowest BCUT2D eigenvalue weighted by molar-refractivity contribution is -0.116. The largest absolute Gasteiger partial charge is 0.497 e. The quantitative estimate of drug-likeness (QED) is 0.697. The van der Waals surface area contributed by atoms with Crippen LogP contribution < -0.4 is 10.1 Å². The van der Waals surface area contributed by atoms with Crippen molar-refractivity contribution in [3.8, 4) is 5.75 Å². The predicted octanol–water partition coefficient (Wildman–Crippen LogP) is 3.07. The topological polar surface area (TPSA) is 75.7 Å². The molecule has 0 atom stereocenters. The highest BCUT2D eigenvalue weighted by molar-refractivity contribution is 7.98. The number of ether oxygens (including phenoxy) is 1. The summed E-state index contributed by atoms with van der Waals surface area (Å²) in [5, 5.41) is 2.74. The minimum Gasteiger partial charge on any atom is -0.497 e. The first-order chi connectivity index (χ1) is 12.4. The highest BCUT2D eigenvalue weighted by atomic mass is 32.2. The molecule has 0 heterocycles. The molecule has 8 heteroatoms. The Labute approximate surface area is 158 Å². The first-order valence-corrected chi connectivity index (χ1v) is 10.6. The van der Waals surface area contributed by atoms with Gasteiger partial charge in [-0.05, 0) is 48.7 Å². The van der Waals surface area contributed by atoms with E-state index in [9.17, 15) is 13.2 Å². The number of nitrogens with one attached hydrogen (secondary N) is 1. The fourth-order valence-electron chi connectivity index (χ4n) is 2.33. The van der Waals surface area contributed by atoms with Gasteiger partial charge in [0.1, 0.15) is 5.75 Å². The summed E-state index contributed by atoms with van der Waals surface area (Å²) in [6.07, 6.45) is 1.95. The number of sulfonamides is 1. The fourth-order valence-corrected chi connectivity index (χ4v) is 4.19. The van der Waals surface area contributed by atoms with Gasteiger partial charge in [0, 0.05) is 17.1 Å². The van der Waals surface area contributed by atoms with Gasteiger partial charge >= 0.3 is 0 Å². The SMILES string of the molecule is CCN(CC(=O)Nc1cccc(SC)c1)S(=O)(=O)c1ccc(OC)cc1. The highest BCUT2D eigenvalue weighted by Crippen LogP contribution is 2.21. The number of nitrogens with zero attached hydrogens (tertiary/aromatic N) is 1. The second kappa shape index (κ2) is 9.07. The Kier molecular flexibility index (Phi) is 7.07. The lowest BCUT2D eigenvalue weighted by atomic mass is 10.3. The summed E-state index contributed by atoms with van der Waals surface area (Å²) in [5.41, 5.74) is 0.639. The van der Waals surface area contributed by atoms with Crippen LogP contribution in [0.5, 0.6) is 5.75 Å². The van der Waals surface area contributed by atoms with Crippen LogP contribution in [-0.4, -0.2) is 45.1 Å². The Morgan fingerprint density at radius 1 is 1.19 bits per heavy atom. The second-order valence-corrected chi connectivity index (χ2v) is 8.20. The first-order valence-electron chi connectivity index (χ1n) is 7.98. The van der Waals surface area contributed by atoms with Gasteiger partial charge in [0.2, 0.25) is 15.9 Å². The molecule has 0 unspecified atom stereocenters. The predicted molar refractivity (Wildman–Crippen MR) is 104 cm³/mol. The lowest BCUT2D eigenvalue weighted by Gasteiger charge is -2.20. The van der Waals surface area contributed by atoms with Crippen molar-refractivity contribution in [3.63, 3.8) is 0 Å². The van der Waals surface area contributed by atoms with Crippen LogP contribution in [0.3, 0.4) is 0 Å². The number of rotatable bonds is 8. The van der Waals surface area contributed by atoms with E-state index >= 15 is 0 Å². The van der Waals surface area contributed by atoms with Crippen LogP contribution in [0.25, 0.3) is 0 Å². The average molecular weight is 395 g/mol. The van der Waals surface area contributed by atoms with E-state index in [0.717, 1.165) is 9.20 Å². The third-order valence-corrected chi connectivity index (χ3v) is 6.38. The molecule has 0 aliphatic carbocycles. The van der Waals surface area contributed by atoms with Crippen molar-refractivity contribution < 1.29 is 17.9 Å². The van der Waals surface area contributed by atoms with E-state index in [1.54, 1.807) is 36.9 Å². The molecule has 0 saturated heterocycles. The molecular weight excluding hydrogens is 372 g/mol. The standard InChI is InChI=1S/C18H22N2O4S2/c1-4-20(26(22,23)17-10-8-15(24-2)9-11-17)13-18(21)19-14-6-5-7-16(12-14)25-3/h5-12H,4,13H2,1-3H3,(H,19,21). The van der Waals surface area contributed by atoms with E-state index in [2.05, 4.69) is 5.32 Å². The van der Waals surface area contributed by atoms with Gasteiger partial charge in [0.15, 0.2) is 0 Å². The van der Waals surface area contributed by atoms with Crippen molar-refractivity contribution in [2.45, 2.75) is 16.7 Å². The van der Waals surface area contributed by atoms with E-state index < -0.39 is 10.0 Å². The molecule has 6 nitrogen and oxygen atoms in total. The smallest absolute Gasteiger partial charge is 0.243 e. The average Bonchev–Trinajstić information content (AvgIpc) is 2.66. The van der Waals surface area contributed by atoms with Crippen molar-refractivity contribution in [2.75, 3.05) is 31.8 Å². The molecule has 2 aromatic carbocycles. The van der Waals surface area contributed by atoms with Crippen molar-refractivity contribution >= 4 is 33.4 Å². The molecule has 0 aliphatic heterocycles. The van der Waals surface area contributed by atoms with Crippen LogP contribution in [0.4, 0.5) is 5.69 Å². The Hall–Kier alpha value is -2.03. The molecule has 0 aliphatic rings. The van der Waals surface area contributed by atoms with Gasteiger partial charge in [-0.15, -0.1) is 11.8 Å². The summed E-state index contributed by atoms with van der Waals surface area (Å²) in [4.78, 5) is 13.5. The highest BCUT2D eigenvalue weighted by Gasteiger charge is 2.25. The normalized spacial score (nSPS) is 11.4. The fraction of sp³-hybridized carbons (Fsp3) is 0.278. The number of anilines is 1. The zero-order valence-electron chi connectivity index (χ0n) is 14.9. The van der Waals surface area contributed by atoms with Crippen LogP contribution in [0.2, 0.25) is 0 Å². The molecule has 0 saturated carbocycles. The number of thioether (sulfide) groups is 1. The zero-order valence-corrected chi connectivity index (χ0v) is 16.6. The molecular formula is C18H22N2O4S2. The van der Waals surface area contributed by atoms with Crippen molar-refractivity contribution in [3.05, 3.63) is 48.5 Å². The molecule has 140 valence electrons. The third-order valence-electron chi connectivity index (χ3n) is 3.72. The Balaban J connectivity index is 2.12. The van der Waals surface area contributed by atoms with E-state index in [1.807, 2.05) is 24.5 Å². The summed E-state index contributed by atoms with van der Waals surface area (Å²) in [6, 6.07) is 13.5. The van der Waals surface area contributed by atoms with Gasteiger partial charge < -0.3 is 10.1 Å². The molecule has 26 heavy (non-hydrogen) atoms. The Bertz CT molecular complexity index is 852. The van der Waals surface area contributed by atoms with Crippen molar-refractivity contribution in [1.82, 2.24) is 4.31 Å². The number of hydrogen-bond donors (Lipinski definition) is 1. The van der Waals surface area contributed by atoms with E-state index in [-0.39, 0.29) is 23.9 Å². The van der Waals surface area contributed by atoms with Gasteiger partial charge in [0.05, 0.1) is 18.6 Å². The van der Waals surface area contributed by atoms with Gasteiger partial charge in [-0.3, -0.25) is 4.79 Å². The lowest BCUT2D eigenvalue weighted by Crippen LogP contribution is -2.37. The molecule has 0 spiro atoms. The molecule has 2 rings (SSSR count). The maximum atomic E-state index is 12.8. The zero-order chi connectivity index (χ0) is 19.2. The summed E-state index contributed by atoms with van der Waals surface area (Å²) >= 11 is 1.57. The Morgan fingerprint density at radius 3 is 2.46 bits per heavy atom. The number of carbonyl (C=O) groups is 1. The van der Waals surface area contributed by atoms with Gasteiger partial charge in [0.25, 0.3) is 0 Å². The van der Waals surface area contributed by atoms with Crippen molar-refractivity contribution in [2.24, 2.45) is 0 Å². The summed E-state index contributed by atoms with van der Waals surface area (Å²) in [6.45, 7) is 1.63. The van der Waals surface area contributed by atoms with Crippen LogP contribution in [0.15, 0.2) is 58.3 Å². The second-order valence-electron chi connectivity index (χ2n) is 5.39. The number of carbonyl (C=O) groups excluding carboxylic acids is 1. The molecule has 0 radical (unpaired) electrons. The molecule has 0 aromatic heterocycles.